The minimum Gasteiger partial charge on any atom is -0.368 e. The number of pyridine rings is 1. The zero-order valence-electron chi connectivity index (χ0n) is 14.1. The Morgan fingerprint density at radius 1 is 1.11 bits per heavy atom. The highest BCUT2D eigenvalue weighted by Gasteiger charge is 2.27. The van der Waals surface area contributed by atoms with E-state index in [0.29, 0.717) is 35.2 Å². The molecule has 2 aromatic heterocycles. The number of hydrogen-bond donors (Lipinski definition) is 2. The summed E-state index contributed by atoms with van der Waals surface area (Å²) in [5.41, 5.74) is 8.62. The molecule has 8 heteroatoms. The van der Waals surface area contributed by atoms with Crippen molar-refractivity contribution in [3.05, 3.63) is 71.3 Å². The third-order valence-electron chi connectivity index (χ3n) is 4.48. The van der Waals surface area contributed by atoms with Gasteiger partial charge in [0.15, 0.2) is 0 Å². The molecule has 27 heavy (non-hydrogen) atoms. The van der Waals surface area contributed by atoms with Crippen molar-refractivity contribution in [3.63, 3.8) is 0 Å². The Kier molecular flexibility index (Phi) is 4.23. The van der Waals surface area contributed by atoms with Crippen LogP contribution >= 0.6 is 0 Å². The molecule has 0 fully saturated rings. The number of rotatable bonds is 3. The molecule has 0 saturated carbocycles. The van der Waals surface area contributed by atoms with Crippen molar-refractivity contribution in [2.24, 2.45) is 0 Å². The van der Waals surface area contributed by atoms with Gasteiger partial charge in [-0.15, -0.1) is 0 Å². The van der Waals surface area contributed by atoms with Gasteiger partial charge < -0.3 is 11.1 Å². The summed E-state index contributed by atoms with van der Waals surface area (Å²) in [6.07, 6.45) is 3.70. The van der Waals surface area contributed by atoms with Crippen LogP contribution in [-0.2, 0) is 12.8 Å². The Hall–Kier alpha value is -3.42. The smallest absolute Gasteiger partial charge is 0.254 e. The van der Waals surface area contributed by atoms with E-state index in [2.05, 4.69) is 20.3 Å². The van der Waals surface area contributed by atoms with Crippen LogP contribution in [-0.4, -0.2) is 26.9 Å². The summed E-state index contributed by atoms with van der Waals surface area (Å²) in [5.74, 6) is -1.17. The highest BCUT2D eigenvalue weighted by atomic mass is 19.1. The fourth-order valence-corrected chi connectivity index (χ4v) is 3.24. The van der Waals surface area contributed by atoms with E-state index in [0.717, 1.165) is 5.56 Å². The van der Waals surface area contributed by atoms with E-state index in [4.69, 9.17) is 5.73 Å². The van der Waals surface area contributed by atoms with Crippen molar-refractivity contribution in [1.29, 1.82) is 0 Å². The van der Waals surface area contributed by atoms with Crippen LogP contribution in [0.4, 0.5) is 14.7 Å². The van der Waals surface area contributed by atoms with Crippen molar-refractivity contribution in [2.45, 2.75) is 18.9 Å². The molecule has 1 atom stereocenters. The zero-order chi connectivity index (χ0) is 19.0. The van der Waals surface area contributed by atoms with Gasteiger partial charge in [0.1, 0.15) is 5.82 Å². The lowest BCUT2D eigenvalue weighted by Crippen LogP contribution is -2.43. The number of aromatic nitrogens is 3. The molecule has 4 rings (SSSR count). The van der Waals surface area contributed by atoms with Crippen LogP contribution in [0.2, 0.25) is 0 Å². The first kappa shape index (κ1) is 17.0. The molecule has 3 heterocycles. The summed E-state index contributed by atoms with van der Waals surface area (Å²) in [5, 5.41) is 2.91. The highest BCUT2D eigenvalue weighted by molar-refractivity contribution is 5.96. The summed E-state index contributed by atoms with van der Waals surface area (Å²) in [6, 6.07) is 6.92. The first-order valence-electron chi connectivity index (χ1n) is 8.32. The molecular formula is C19H15F2N5O. The molecule has 1 unspecified atom stereocenters. The van der Waals surface area contributed by atoms with Crippen LogP contribution in [0, 0.1) is 11.8 Å². The molecule has 136 valence electrons. The second-order valence-corrected chi connectivity index (χ2v) is 6.34. The molecule has 0 aliphatic carbocycles. The molecule has 1 aliphatic rings. The fraction of sp³-hybridized carbons (Fsp3) is 0.158. The molecule has 3 N–H and O–H groups in total. The standard InChI is InChI=1S/C19H15F2N5O/c20-12-3-1-10(14(6-12)11-2-4-17(21)23-8-11)5-13-7-16-15(18(27)25-13)9-24-19(22)26-16/h1-4,6,8-9,13H,5,7H2,(H,25,27)(H2,22,24,26). The SMILES string of the molecule is Nc1ncc2c(n1)CC(Cc1ccc(F)cc1-c1ccc(F)nc1)NC2=O. The molecule has 3 aromatic rings. The second-order valence-electron chi connectivity index (χ2n) is 6.34. The average Bonchev–Trinajstić information content (AvgIpc) is 2.63. The van der Waals surface area contributed by atoms with Crippen molar-refractivity contribution in [1.82, 2.24) is 20.3 Å². The Morgan fingerprint density at radius 2 is 1.96 bits per heavy atom. The van der Waals surface area contributed by atoms with Crippen molar-refractivity contribution in [2.75, 3.05) is 5.73 Å². The molecule has 1 aromatic carbocycles. The van der Waals surface area contributed by atoms with Crippen LogP contribution in [0.1, 0.15) is 21.6 Å². The van der Waals surface area contributed by atoms with Gasteiger partial charge in [0, 0.05) is 30.4 Å². The van der Waals surface area contributed by atoms with Gasteiger partial charge in [-0.25, -0.2) is 19.3 Å². The molecule has 1 amide bonds. The first-order valence-corrected chi connectivity index (χ1v) is 8.32. The minimum absolute atomic E-state index is 0.113. The van der Waals surface area contributed by atoms with Gasteiger partial charge in [0.2, 0.25) is 11.9 Å². The number of carbonyl (C=O) groups excluding carboxylic acids is 1. The second kappa shape index (κ2) is 6.71. The van der Waals surface area contributed by atoms with Gasteiger partial charge >= 0.3 is 0 Å². The number of nitrogen functional groups attached to an aromatic ring is 1. The maximum absolute atomic E-state index is 13.8. The predicted octanol–water partition coefficient (Wildman–Crippen LogP) is 2.30. The Balaban J connectivity index is 1.65. The van der Waals surface area contributed by atoms with Gasteiger partial charge in [0.25, 0.3) is 5.91 Å². The summed E-state index contributed by atoms with van der Waals surface area (Å²) in [6.45, 7) is 0. The number of anilines is 1. The van der Waals surface area contributed by atoms with Gasteiger partial charge in [-0.05, 0) is 41.8 Å². The lowest BCUT2D eigenvalue weighted by Gasteiger charge is -2.25. The molecule has 0 saturated heterocycles. The number of hydrogen-bond acceptors (Lipinski definition) is 5. The average molecular weight is 367 g/mol. The topological polar surface area (TPSA) is 93.8 Å². The van der Waals surface area contributed by atoms with E-state index in [-0.39, 0.29) is 17.9 Å². The number of carbonyl (C=O) groups is 1. The lowest BCUT2D eigenvalue weighted by atomic mass is 9.91. The van der Waals surface area contributed by atoms with E-state index >= 15 is 0 Å². The number of nitrogens with one attached hydrogen (secondary N) is 1. The molecule has 0 bridgehead atoms. The number of halogens is 2. The quantitative estimate of drug-likeness (QED) is 0.693. The molecule has 1 aliphatic heterocycles. The lowest BCUT2D eigenvalue weighted by molar-refractivity contribution is 0.0923. The number of benzene rings is 1. The van der Waals surface area contributed by atoms with E-state index in [9.17, 15) is 13.6 Å². The minimum atomic E-state index is -0.606. The van der Waals surface area contributed by atoms with E-state index < -0.39 is 11.8 Å². The fourth-order valence-electron chi connectivity index (χ4n) is 3.24. The summed E-state index contributed by atoms with van der Waals surface area (Å²) < 4.78 is 26.9. The maximum atomic E-state index is 13.8. The Morgan fingerprint density at radius 3 is 2.74 bits per heavy atom. The van der Waals surface area contributed by atoms with Crippen molar-refractivity contribution in [3.8, 4) is 11.1 Å². The summed E-state index contributed by atoms with van der Waals surface area (Å²) in [4.78, 5) is 23.9. The number of nitrogens with two attached hydrogens (primary N) is 1. The van der Waals surface area contributed by atoms with Crippen LogP contribution in [0.25, 0.3) is 11.1 Å². The summed E-state index contributed by atoms with van der Waals surface area (Å²) in [7, 11) is 0. The van der Waals surface area contributed by atoms with E-state index in [1.807, 2.05) is 0 Å². The molecule has 6 nitrogen and oxygen atoms in total. The monoisotopic (exact) mass is 367 g/mol. The van der Waals surface area contributed by atoms with Crippen LogP contribution in [0.3, 0.4) is 0 Å². The molecular weight excluding hydrogens is 352 g/mol. The Bertz CT molecular complexity index is 1020. The van der Waals surface area contributed by atoms with Crippen molar-refractivity contribution >= 4 is 11.9 Å². The van der Waals surface area contributed by atoms with Gasteiger partial charge in [-0.3, -0.25) is 4.79 Å². The van der Waals surface area contributed by atoms with Crippen molar-refractivity contribution < 1.29 is 13.6 Å². The molecule has 0 spiro atoms. The highest BCUT2D eigenvalue weighted by Crippen LogP contribution is 2.27. The number of nitrogens with zero attached hydrogens (tertiary/aromatic N) is 3. The van der Waals surface area contributed by atoms with Gasteiger partial charge in [-0.2, -0.15) is 4.39 Å². The predicted molar refractivity (Wildman–Crippen MR) is 94.7 cm³/mol. The number of amides is 1. The van der Waals surface area contributed by atoms with Crippen LogP contribution in [0.15, 0.2) is 42.7 Å². The first-order chi connectivity index (χ1) is 13.0. The van der Waals surface area contributed by atoms with Crippen LogP contribution < -0.4 is 11.1 Å². The van der Waals surface area contributed by atoms with E-state index in [1.165, 1.54) is 30.6 Å². The molecule has 0 radical (unpaired) electrons. The van der Waals surface area contributed by atoms with Gasteiger partial charge in [0.05, 0.1) is 11.3 Å². The Labute approximate surface area is 153 Å². The number of fused-ring (bicyclic) bond motifs is 1. The third-order valence-corrected chi connectivity index (χ3v) is 4.48. The maximum Gasteiger partial charge on any atom is 0.254 e. The zero-order valence-corrected chi connectivity index (χ0v) is 14.1. The normalized spacial score (nSPS) is 15.9. The third kappa shape index (κ3) is 3.46. The van der Waals surface area contributed by atoms with E-state index in [1.54, 1.807) is 12.1 Å². The van der Waals surface area contributed by atoms with Gasteiger partial charge in [-0.1, -0.05) is 6.07 Å². The largest absolute Gasteiger partial charge is 0.368 e. The van der Waals surface area contributed by atoms with Crippen LogP contribution in [0.5, 0.6) is 0 Å². The summed E-state index contributed by atoms with van der Waals surface area (Å²) >= 11 is 0.